The Morgan fingerprint density at radius 2 is 1.51 bits per heavy atom. The molecule has 498 valence electrons. The van der Waals surface area contributed by atoms with Crippen molar-refractivity contribution in [1.29, 1.82) is 0 Å². The highest BCUT2D eigenvalue weighted by Gasteiger charge is 2.53. The van der Waals surface area contributed by atoms with Gasteiger partial charge in [0, 0.05) is 117 Å². The lowest BCUT2D eigenvalue weighted by Gasteiger charge is -2.43. The van der Waals surface area contributed by atoms with Crippen molar-refractivity contribution in [3.05, 3.63) is 65.6 Å². The number of piperazine rings is 1. The number of carbonyl (C=O) groups is 6. The van der Waals surface area contributed by atoms with Gasteiger partial charge in [-0.1, -0.05) is 71.1 Å². The van der Waals surface area contributed by atoms with Gasteiger partial charge in [-0.25, -0.2) is 14.8 Å². The number of ketones is 2. The molecule has 0 radical (unpaired) electrons. The van der Waals surface area contributed by atoms with Crippen LogP contribution in [0.3, 0.4) is 0 Å². The fourth-order valence-electron chi connectivity index (χ4n) is 13.4. The number of aryl methyl sites for hydroxylation is 1. The number of fused-ring (bicyclic) bond motifs is 3. The highest BCUT2D eigenvalue weighted by Crippen LogP contribution is 2.39. The Hall–Kier alpha value is -5.26. The Balaban J connectivity index is 1.17. The number of hydrogen-bond acceptors (Lipinski definition) is 19. The number of amides is 2. The average molecular weight is 1250 g/mol. The van der Waals surface area contributed by atoms with Crippen LogP contribution in [0.5, 0.6) is 0 Å². The van der Waals surface area contributed by atoms with Crippen molar-refractivity contribution in [1.82, 2.24) is 19.8 Å². The standard InChI is InChI=1S/C68H105N5O16/c1-13-86-34-28-59(74)71-30-32-72(33-31-71)67-69-41-51(42-70-67)24-27-60(75)87-54-26-23-50(38-58(54)84-11)37-46(5)57-40-56(83-10)45(4)36-48(7)62(77)63(85-12)61(76)47(6)35-43(2)19-15-14-16-20-44(3)55(82-9)39-52-25-22-49(8)68(81,89-52)64(78)65(79)73-29-18-17-21-53(73)66(80)88-57/h14-16,19-20,36,41-43,45-47,49-50,52-58,62-63,77,81H,13,17-18,21-35,37-40H2,1-12H3/b16-14+,19-15+,44-20+,48-36+/t43-,45-,46-,47-,49-,50+,52+,53+,54-,55+,56-,57+,58-,62-,63+,68-/m1/s1. The van der Waals surface area contributed by atoms with Gasteiger partial charge < -0.3 is 62.8 Å². The van der Waals surface area contributed by atoms with Crippen LogP contribution < -0.4 is 4.90 Å². The van der Waals surface area contributed by atoms with Gasteiger partial charge in [0.25, 0.3) is 11.7 Å². The van der Waals surface area contributed by atoms with Crippen molar-refractivity contribution in [3.8, 4) is 0 Å². The zero-order chi connectivity index (χ0) is 65.0. The van der Waals surface area contributed by atoms with Gasteiger partial charge in [-0.2, -0.15) is 0 Å². The molecule has 16 atom stereocenters. The second-order valence-corrected chi connectivity index (χ2v) is 25.7. The molecule has 21 nitrogen and oxygen atoms in total. The molecular weight excluding hydrogens is 1140 g/mol. The molecule has 0 aromatic carbocycles. The van der Waals surface area contributed by atoms with Crippen LogP contribution in [0, 0.1) is 35.5 Å². The van der Waals surface area contributed by atoms with Gasteiger partial charge in [-0.3, -0.25) is 24.0 Å². The van der Waals surface area contributed by atoms with E-state index in [4.69, 9.17) is 37.9 Å². The number of ether oxygens (including phenoxy) is 8. The van der Waals surface area contributed by atoms with E-state index in [0.717, 1.165) is 11.1 Å². The Morgan fingerprint density at radius 1 is 0.787 bits per heavy atom. The summed E-state index contributed by atoms with van der Waals surface area (Å²) >= 11 is 0. The van der Waals surface area contributed by atoms with Crippen molar-refractivity contribution in [2.75, 3.05) is 79.3 Å². The summed E-state index contributed by atoms with van der Waals surface area (Å²) in [5, 5.41) is 23.9. The number of aliphatic hydroxyl groups is 2. The number of aromatic nitrogens is 2. The van der Waals surface area contributed by atoms with Gasteiger partial charge in [0.1, 0.15) is 30.5 Å². The van der Waals surface area contributed by atoms with Crippen molar-refractivity contribution in [2.24, 2.45) is 35.5 Å². The summed E-state index contributed by atoms with van der Waals surface area (Å²) in [5.41, 5.74) is 2.18. The smallest absolute Gasteiger partial charge is 0.329 e. The third-order valence-electron chi connectivity index (χ3n) is 19.1. The van der Waals surface area contributed by atoms with E-state index in [0.29, 0.717) is 128 Å². The van der Waals surface area contributed by atoms with E-state index >= 15 is 0 Å². The first-order valence-electron chi connectivity index (χ1n) is 32.7. The summed E-state index contributed by atoms with van der Waals surface area (Å²) < 4.78 is 48.0. The fraction of sp³-hybridized carbons (Fsp3) is 0.735. The molecule has 5 aliphatic rings. The van der Waals surface area contributed by atoms with Gasteiger partial charge in [0.05, 0.1) is 37.4 Å². The first kappa shape index (κ1) is 72.8. The fourth-order valence-corrected chi connectivity index (χ4v) is 13.4. The molecule has 1 aliphatic carbocycles. The van der Waals surface area contributed by atoms with Crippen LogP contribution >= 0.6 is 0 Å². The number of piperidine rings is 1. The molecule has 4 aliphatic heterocycles. The number of carbonyl (C=O) groups excluding carboxylic acids is 6. The Kier molecular flexibility index (Phi) is 29.1. The van der Waals surface area contributed by atoms with E-state index < -0.39 is 90.2 Å². The van der Waals surface area contributed by atoms with Gasteiger partial charge in [-0.05, 0) is 126 Å². The number of esters is 2. The molecule has 1 aromatic rings. The second-order valence-electron chi connectivity index (χ2n) is 25.7. The lowest BCUT2D eigenvalue weighted by atomic mass is 9.78. The van der Waals surface area contributed by atoms with Crippen LogP contribution in [0.15, 0.2) is 60.0 Å². The molecule has 1 saturated carbocycles. The number of cyclic esters (lactones) is 1. The molecule has 5 heterocycles. The van der Waals surface area contributed by atoms with Crippen LogP contribution in [-0.2, 0) is 73.1 Å². The van der Waals surface area contributed by atoms with Crippen molar-refractivity contribution < 1.29 is 76.9 Å². The summed E-state index contributed by atoms with van der Waals surface area (Å²) in [6.45, 7) is 18.6. The first-order valence-corrected chi connectivity index (χ1v) is 32.7. The predicted octanol–water partition coefficient (Wildman–Crippen LogP) is 7.68. The quantitative estimate of drug-likeness (QED) is 0.0697. The molecule has 89 heavy (non-hydrogen) atoms. The number of methoxy groups -OCH3 is 4. The maximum absolute atomic E-state index is 14.9. The number of anilines is 1. The molecule has 4 fully saturated rings. The molecular formula is C68H105N5O16. The number of Topliss-reactive ketones (excluding diaryl/α,β-unsaturated/α-hetero) is 2. The summed E-state index contributed by atoms with van der Waals surface area (Å²) in [7, 11) is 6.19. The summed E-state index contributed by atoms with van der Waals surface area (Å²) in [4.78, 5) is 98.2. The second kappa shape index (κ2) is 35.5. The monoisotopic (exact) mass is 1250 g/mol. The zero-order valence-electron chi connectivity index (χ0n) is 55.2. The van der Waals surface area contributed by atoms with E-state index in [9.17, 15) is 39.0 Å². The molecule has 21 heteroatoms. The normalized spacial score (nSPS) is 34.5. The average Bonchev–Trinajstić information content (AvgIpc) is 2.29. The minimum absolute atomic E-state index is 0.0195. The number of hydrogen-bond donors (Lipinski definition) is 2. The Bertz CT molecular complexity index is 2590. The summed E-state index contributed by atoms with van der Waals surface area (Å²) in [5.74, 6) is -6.90. The van der Waals surface area contributed by atoms with E-state index in [2.05, 4.69) is 9.97 Å². The molecule has 0 spiro atoms. The third kappa shape index (κ3) is 20.4. The largest absolute Gasteiger partial charge is 0.460 e. The van der Waals surface area contributed by atoms with Crippen molar-refractivity contribution in [2.45, 2.75) is 212 Å². The van der Waals surface area contributed by atoms with E-state index in [1.165, 1.54) is 12.0 Å². The maximum Gasteiger partial charge on any atom is 0.329 e. The molecule has 1 aromatic heterocycles. The topological polar surface area (TPSA) is 252 Å². The van der Waals surface area contributed by atoms with Crippen molar-refractivity contribution >= 4 is 41.3 Å². The lowest BCUT2D eigenvalue weighted by molar-refractivity contribution is -0.265. The van der Waals surface area contributed by atoms with Crippen LogP contribution in [-0.4, -0.2) is 200 Å². The SMILES string of the molecule is CCOCCC(=O)N1CCN(c2ncc(CCC(=O)O[C@@H]3CC[C@@H](C[C@@H](C)[C@@H]4C[C@@H](OC)[C@H](C)/C=C(\C)[C@@H](O)[C@@H](OC)C(=O)[C@H](C)C[C@H](C)/C=C/C=C/C=C(\C)[C@@H](OC)C[C@@H]5CC[C@@H](C)[C@@](O)(O5)C(=O)C(=O)N5CCCC[C@H]5C(=O)O4)C[C@H]3OC)cn2)CC1. The van der Waals surface area contributed by atoms with Crippen LogP contribution in [0.25, 0.3) is 0 Å². The minimum atomic E-state index is -2.44. The van der Waals surface area contributed by atoms with Gasteiger partial charge in [-0.15, -0.1) is 0 Å². The van der Waals surface area contributed by atoms with Gasteiger partial charge in [0.2, 0.25) is 17.6 Å². The Morgan fingerprint density at radius 3 is 2.18 bits per heavy atom. The highest BCUT2D eigenvalue weighted by atomic mass is 16.6. The predicted molar refractivity (Wildman–Crippen MR) is 335 cm³/mol. The van der Waals surface area contributed by atoms with E-state index in [-0.39, 0.29) is 67.1 Å². The minimum Gasteiger partial charge on any atom is -0.460 e. The van der Waals surface area contributed by atoms with Gasteiger partial charge >= 0.3 is 11.9 Å². The van der Waals surface area contributed by atoms with Gasteiger partial charge in [0.15, 0.2) is 5.78 Å². The molecule has 2 amide bonds. The van der Waals surface area contributed by atoms with Crippen LogP contribution in [0.2, 0.25) is 0 Å². The first-order chi connectivity index (χ1) is 42.5. The number of aliphatic hydroxyl groups excluding tert-OH is 1. The number of allylic oxidation sites excluding steroid dienone is 5. The molecule has 0 unspecified atom stereocenters. The Labute approximate surface area is 528 Å². The lowest BCUT2D eigenvalue weighted by Crippen LogP contribution is -2.61. The van der Waals surface area contributed by atoms with Crippen LogP contribution in [0.1, 0.15) is 151 Å². The maximum atomic E-state index is 14.9. The third-order valence-corrected chi connectivity index (χ3v) is 19.1. The number of nitrogens with zero attached hydrogens (tertiary/aromatic N) is 5. The molecule has 2 bridgehead atoms. The highest BCUT2D eigenvalue weighted by molar-refractivity contribution is 6.39. The molecule has 6 rings (SSSR count). The van der Waals surface area contributed by atoms with E-state index in [1.54, 1.807) is 47.6 Å². The van der Waals surface area contributed by atoms with E-state index in [1.807, 2.05) is 87.8 Å². The molecule has 2 N–H and O–H groups in total. The van der Waals surface area contributed by atoms with Crippen LogP contribution in [0.4, 0.5) is 5.95 Å². The molecule has 3 saturated heterocycles. The summed E-state index contributed by atoms with van der Waals surface area (Å²) in [6, 6.07) is -1.13. The summed E-state index contributed by atoms with van der Waals surface area (Å²) in [6.07, 6.45) is 15.9. The zero-order valence-corrected chi connectivity index (χ0v) is 55.2. The number of rotatable bonds is 16. The van der Waals surface area contributed by atoms with Crippen molar-refractivity contribution in [3.63, 3.8) is 0 Å².